The molecule has 1 N–H and O–H groups in total. The molecule has 0 amide bonds. The summed E-state index contributed by atoms with van der Waals surface area (Å²) < 4.78 is 0. The molecule has 0 radical (unpaired) electrons. The van der Waals surface area contributed by atoms with Crippen LogP contribution in [-0.4, -0.2) is 28.8 Å². The Labute approximate surface area is 433 Å². The van der Waals surface area contributed by atoms with Crippen LogP contribution in [0.15, 0.2) is 215 Å². The number of nitrogens with zero attached hydrogens (tertiary/aromatic N) is 4. The second-order valence-electron chi connectivity index (χ2n) is 20.7. The molecule has 372 valence electrons. The molecule has 1 fully saturated rings. The van der Waals surface area contributed by atoms with Gasteiger partial charge in [-0.3, -0.25) is 0 Å². The van der Waals surface area contributed by atoms with Crippen LogP contribution in [0.25, 0.3) is 5.57 Å². The predicted molar refractivity (Wildman–Crippen MR) is 308 cm³/mol. The van der Waals surface area contributed by atoms with E-state index in [0.717, 1.165) is 67.8 Å². The van der Waals surface area contributed by atoms with E-state index >= 15 is 0 Å². The zero-order chi connectivity index (χ0) is 50.1. The van der Waals surface area contributed by atoms with Crippen molar-refractivity contribution >= 4 is 28.6 Å². The van der Waals surface area contributed by atoms with E-state index in [-0.39, 0.29) is 6.17 Å². The fraction of sp³-hybridized carbons (Fsp3) is 0.373. The Morgan fingerprint density at radius 2 is 1.74 bits per heavy atom. The van der Waals surface area contributed by atoms with Crippen LogP contribution in [0.4, 0.5) is 11.4 Å². The van der Waals surface area contributed by atoms with Crippen molar-refractivity contribution in [1.29, 1.82) is 0 Å². The van der Waals surface area contributed by atoms with Crippen LogP contribution < -0.4 is 10.2 Å². The molecular formula is C67H79N5. The summed E-state index contributed by atoms with van der Waals surface area (Å²) in [7, 11) is 0. The van der Waals surface area contributed by atoms with Crippen molar-refractivity contribution < 1.29 is 0 Å². The van der Waals surface area contributed by atoms with Crippen LogP contribution >= 0.6 is 0 Å². The molecule has 9 rings (SSSR count). The summed E-state index contributed by atoms with van der Waals surface area (Å²) in [6, 6.07) is 29.3. The van der Waals surface area contributed by atoms with Crippen molar-refractivity contribution in [2.24, 2.45) is 39.6 Å². The molecule has 3 aliphatic carbocycles. The molecule has 0 aromatic heterocycles. The van der Waals surface area contributed by atoms with E-state index in [4.69, 9.17) is 9.98 Å². The highest BCUT2D eigenvalue weighted by Gasteiger charge is 2.43. The quantitative estimate of drug-likeness (QED) is 0.108. The molecule has 3 heterocycles. The Morgan fingerprint density at radius 1 is 0.917 bits per heavy atom. The number of rotatable bonds is 17. The highest BCUT2D eigenvalue weighted by atomic mass is 15.2. The Balaban J connectivity index is 0.968. The van der Waals surface area contributed by atoms with Crippen molar-refractivity contribution in [1.82, 2.24) is 10.2 Å². The van der Waals surface area contributed by atoms with Gasteiger partial charge in [0.25, 0.3) is 0 Å². The largest absolute Gasteiger partial charge is 0.341 e. The van der Waals surface area contributed by atoms with E-state index in [1.54, 1.807) is 0 Å². The monoisotopic (exact) mass is 954 g/mol. The Kier molecular flexibility index (Phi) is 16.4. The van der Waals surface area contributed by atoms with E-state index in [0.29, 0.717) is 41.5 Å². The SMILES string of the molecule is C=CC=C1/C(=C\C)C(/C=C(\C)C2CC=C3C(C2)c2ccccc2N3c2ccccc2)C(CC)N1C1=CC(C2C=C(c3cccc(C4=NC(/C(C=C)=C/C=C\C)N=C(C(CC)CCCC)N4)c3)C=CC2)CCC1. The first-order valence-corrected chi connectivity index (χ1v) is 27.5. The van der Waals surface area contributed by atoms with Crippen LogP contribution in [0, 0.1) is 29.6 Å². The van der Waals surface area contributed by atoms with Gasteiger partial charge in [-0.25, -0.2) is 9.98 Å². The van der Waals surface area contributed by atoms with E-state index in [2.05, 4.69) is 203 Å². The lowest BCUT2D eigenvalue weighted by Crippen LogP contribution is -2.41. The summed E-state index contributed by atoms with van der Waals surface area (Å²) in [5.74, 6) is 4.35. The van der Waals surface area contributed by atoms with Gasteiger partial charge in [-0.15, -0.1) is 0 Å². The maximum Gasteiger partial charge on any atom is 0.169 e. The average Bonchev–Trinajstić information content (AvgIpc) is 3.92. The highest BCUT2D eigenvalue weighted by Crippen LogP contribution is 2.54. The van der Waals surface area contributed by atoms with Crippen LogP contribution in [0.2, 0.25) is 0 Å². The summed E-state index contributed by atoms with van der Waals surface area (Å²) in [6.07, 6.45) is 42.0. The molecule has 3 aromatic carbocycles. The normalized spacial score (nSPS) is 26.9. The second-order valence-corrected chi connectivity index (χ2v) is 20.7. The number of anilines is 2. The first-order chi connectivity index (χ1) is 35.3. The van der Waals surface area contributed by atoms with Crippen molar-refractivity contribution in [2.75, 3.05) is 4.90 Å². The number of fused-ring (bicyclic) bond motifs is 3. The minimum absolute atomic E-state index is 0.309. The minimum atomic E-state index is -0.334. The van der Waals surface area contributed by atoms with Gasteiger partial charge in [0.2, 0.25) is 0 Å². The third-order valence-corrected chi connectivity index (χ3v) is 16.4. The molecule has 0 bridgehead atoms. The number of nitrogens with one attached hydrogen (secondary N) is 1. The van der Waals surface area contributed by atoms with E-state index in [1.165, 1.54) is 82.0 Å². The lowest BCUT2D eigenvalue weighted by Gasteiger charge is -2.36. The number of hydrogen-bond donors (Lipinski definition) is 1. The minimum Gasteiger partial charge on any atom is -0.341 e. The van der Waals surface area contributed by atoms with Crippen molar-refractivity contribution in [3.63, 3.8) is 0 Å². The number of hydrogen-bond acceptors (Lipinski definition) is 5. The number of likely N-dealkylation sites (tertiary alicyclic amines) is 1. The molecule has 3 aliphatic heterocycles. The Hall–Kier alpha value is -6.46. The summed E-state index contributed by atoms with van der Waals surface area (Å²) in [5.41, 5.74) is 15.9. The van der Waals surface area contributed by atoms with Gasteiger partial charge >= 0.3 is 0 Å². The lowest BCUT2D eigenvalue weighted by atomic mass is 9.77. The molecule has 8 unspecified atom stereocenters. The van der Waals surface area contributed by atoms with Crippen molar-refractivity contribution in [2.45, 2.75) is 130 Å². The van der Waals surface area contributed by atoms with Crippen molar-refractivity contribution in [3.8, 4) is 0 Å². The molecule has 1 saturated heterocycles. The summed E-state index contributed by atoms with van der Waals surface area (Å²) in [4.78, 5) is 15.7. The van der Waals surface area contributed by atoms with Gasteiger partial charge in [0, 0.05) is 57.8 Å². The maximum absolute atomic E-state index is 5.24. The summed E-state index contributed by atoms with van der Waals surface area (Å²) in [5, 5.41) is 3.74. The molecule has 6 aliphatic rings. The van der Waals surface area contributed by atoms with Crippen LogP contribution in [-0.2, 0) is 0 Å². The summed E-state index contributed by atoms with van der Waals surface area (Å²) in [6.45, 7) is 22.0. The molecule has 0 saturated carbocycles. The number of aliphatic imine (C=N–C) groups is 2. The molecule has 0 spiro atoms. The zero-order valence-electron chi connectivity index (χ0n) is 44.1. The molecule has 5 heteroatoms. The average molecular weight is 954 g/mol. The molecule has 8 atom stereocenters. The highest BCUT2D eigenvalue weighted by molar-refractivity contribution is 6.11. The third kappa shape index (κ3) is 10.4. The van der Waals surface area contributed by atoms with Gasteiger partial charge in [-0.05, 0) is 155 Å². The van der Waals surface area contributed by atoms with Gasteiger partial charge in [0.1, 0.15) is 11.7 Å². The lowest BCUT2D eigenvalue weighted by molar-refractivity contribution is 0.288. The first kappa shape index (κ1) is 50.5. The smallest absolute Gasteiger partial charge is 0.169 e. The molecular weight excluding hydrogens is 875 g/mol. The van der Waals surface area contributed by atoms with Crippen LogP contribution in [0.3, 0.4) is 0 Å². The Bertz CT molecular complexity index is 2820. The maximum atomic E-state index is 5.24. The van der Waals surface area contributed by atoms with E-state index in [9.17, 15) is 0 Å². The van der Waals surface area contributed by atoms with Gasteiger partial charge in [-0.2, -0.15) is 0 Å². The standard InChI is InChI=1S/C67H79N5/c1-9-16-27-47(12-4)65-68-66(48(13-5)28-17-10-2)70-67(69-65)54-33-24-31-52(43-54)50-29-23-30-51(42-50)53-32-25-36-56(44-53)72-61(15-7)59(57(14-6)62(72)26-11-3)41-46(8)49-39-40-64-60(45-49)58-37-21-22-38-63(58)71(64)55-34-19-18-20-35-55/h9,11-12,14,16,18-24,26-27,29,31,33-35,37-38,40-44,48-49,51,53,59-61,65H,3-4,10,13,15,17,25,28,30,32,36,39,45H2,1-2,5-8H3,(H,68,69,70)/b16-9-,46-41+,47-27+,57-14-,62-26?. The number of benzene rings is 3. The molecule has 72 heavy (non-hydrogen) atoms. The summed E-state index contributed by atoms with van der Waals surface area (Å²) >= 11 is 0. The van der Waals surface area contributed by atoms with Crippen LogP contribution in [0.1, 0.15) is 135 Å². The molecule has 5 nitrogen and oxygen atoms in total. The van der Waals surface area contributed by atoms with Crippen molar-refractivity contribution in [3.05, 3.63) is 222 Å². The number of para-hydroxylation sites is 2. The predicted octanol–water partition coefficient (Wildman–Crippen LogP) is 17.2. The first-order valence-electron chi connectivity index (χ1n) is 27.5. The number of allylic oxidation sites excluding steroid dienone is 16. The van der Waals surface area contributed by atoms with Crippen LogP contribution in [0.5, 0.6) is 0 Å². The van der Waals surface area contributed by atoms with Gasteiger partial charge in [-0.1, -0.05) is 180 Å². The number of unbranched alkanes of at least 4 members (excludes halogenated alkanes) is 1. The van der Waals surface area contributed by atoms with Gasteiger partial charge < -0.3 is 15.1 Å². The van der Waals surface area contributed by atoms with Gasteiger partial charge in [0.15, 0.2) is 6.17 Å². The Morgan fingerprint density at radius 3 is 2.50 bits per heavy atom. The second kappa shape index (κ2) is 23.4. The van der Waals surface area contributed by atoms with Gasteiger partial charge in [0.05, 0.1) is 0 Å². The molecule has 3 aromatic rings. The third-order valence-electron chi connectivity index (χ3n) is 16.4. The number of amidine groups is 2. The topological polar surface area (TPSA) is 43.2 Å². The van der Waals surface area contributed by atoms with E-state index in [1.807, 2.05) is 25.2 Å². The zero-order valence-corrected chi connectivity index (χ0v) is 44.1. The fourth-order valence-corrected chi connectivity index (χ4v) is 12.6. The van der Waals surface area contributed by atoms with E-state index < -0.39 is 0 Å². The fourth-order valence-electron chi connectivity index (χ4n) is 12.6.